The van der Waals surface area contributed by atoms with Crippen molar-refractivity contribution in [3.05, 3.63) is 63.6 Å². The smallest absolute Gasteiger partial charge is 0.0400 e. The molecule has 0 aromatic heterocycles. The van der Waals surface area contributed by atoms with Gasteiger partial charge in [0.2, 0.25) is 0 Å². The predicted octanol–water partition coefficient (Wildman–Crippen LogP) is 5.25. The van der Waals surface area contributed by atoms with Crippen molar-refractivity contribution in [2.45, 2.75) is 32.2 Å². The summed E-state index contributed by atoms with van der Waals surface area (Å²) in [6, 6.07) is 15.4. The molecule has 0 atom stereocenters. The fraction of sp³-hybridized carbons (Fsp3) is 0.294. The third kappa shape index (κ3) is 3.38. The SMILES string of the molecule is Cc1cc(Br)cc(NCc2cccc(C3CC3)c2)c1. The van der Waals surface area contributed by atoms with Crippen molar-refractivity contribution in [3.63, 3.8) is 0 Å². The molecule has 0 bridgehead atoms. The Bertz CT molecular complexity index is 567. The maximum atomic E-state index is 3.54. The van der Waals surface area contributed by atoms with Gasteiger partial charge in [-0.05, 0) is 60.6 Å². The van der Waals surface area contributed by atoms with Crippen molar-refractivity contribution in [2.24, 2.45) is 0 Å². The maximum absolute atomic E-state index is 3.54. The van der Waals surface area contributed by atoms with Crippen LogP contribution < -0.4 is 5.32 Å². The van der Waals surface area contributed by atoms with Gasteiger partial charge in [0, 0.05) is 16.7 Å². The number of nitrogens with one attached hydrogen (secondary N) is 1. The van der Waals surface area contributed by atoms with Crippen LogP contribution >= 0.6 is 15.9 Å². The van der Waals surface area contributed by atoms with Gasteiger partial charge in [-0.1, -0.05) is 40.2 Å². The monoisotopic (exact) mass is 315 g/mol. The first-order valence-electron chi connectivity index (χ1n) is 6.80. The van der Waals surface area contributed by atoms with Gasteiger partial charge in [0.15, 0.2) is 0 Å². The fourth-order valence-corrected chi connectivity index (χ4v) is 3.02. The minimum Gasteiger partial charge on any atom is -0.381 e. The van der Waals surface area contributed by atoms with Crippen molar-refractivity contribution >= 4 is 21.6 Å². The number of hydrogen-bond acceptors (Lipinski definition) is 1. The lowest BCUT2D eigenvalue weighted by molar-refractivity contribution is 1.08. The van der Waals surface area contributed by atoms with Crippen LogP contribution in [0.2, 0.25) is 0 Å². The second kappa shape index (κ2) is 5.38. The van der Waals surface area contributed by atoms with E-state index in [2.05, 4.69) is 70.6 Å². The van der Waals surface area contributed by atoms with E-state index in [4.69, 9.17) is 0 Å². The molecule has 1 saturated carbocycles. The summed E-state index contributed by atoms with van der Waals surface area (Å²) in [6.07, 6.45) is 2.73. The summed E-state index contributed by atoms with van der Waals surface area (Å²) in [5.74, 6) is 0.827. The Kier molecular flexibility index (Phi) is 3.61. The molecule has 0 radical (unpaired) electrons. The fourth-order valence-electron chi connectivity index (χ4n) is 2.42. The van der Waals surface area contributed by atoms with Crippen molar-refractivity contribution < 1.29 is 0 Å². The van der Waals surface area contributed by atoms with Crippen LogP contribution in [0.15, 0.2) is 46.9 Å². The Balaban J connectivity index is 1.69. The highest BCUT2D eigenvalue weighted by Gasteiger charge is 2.23. The van der Waals surface area contributed by atoms with Crippen LogP contribution in [0.5, 0.6) is 0 Å². The summed E-state index contributed by atoms with van der Waals surface area (Å²) in [7, 11) is 0. The van der Waals surface area contributed by atoms with Crippen molar-refractivity contribution in [2.75, 3.05) is 5.32 Å². The average molecular weight is 316 g/mol. The molecule has 1 aliphatic carbocycles. The number of benzene rings is 2. The summed E-state index contributed by atoms with van der Waals surface area (Å²) in [6.45, 7) is 3.00. The van der Waals surface area contributed by atoms with Gasteiger partial charge in [0.05, 0.1) is 0 Å². The highest BCUT2D eigenvalue weighted by molar-refractivity contribution is 9.10. The van der Waals surface area contributed by atoms with E-state index in [0.29, 0.717) is 0 Å². The molecule has 98 valence electrons. The molecular weight excluding hydrogens is 298 g/mol. The number of halogens is 1. The highest BCUT2D eigenvalue weighted by Crippen LogP contribution is 2.40. The topological polar surface area (TPSA) is 12.0 Å². The molecule has 19 heavy (non-hydrogen) atoms. The van der Waals surface area contributed by atoms with Crippen LogP contribution in [-0.2, 0) is 6.54 Å². The molecule has 2 aromatic rings. The van der Waals surface area contributed by atoms with Gasteiger partial charge in [-0.15, -0.1) is 0 Å². The van der Waals surface area contributed by atoms with E-state index >= 15 is 0 Å². The molecule has 1 fully saturated rings. The lowest BCUT2D eigenvalue weighted by atomic mass is 10.1. The van der Waals surface area contributed by atoms with E-state index in [9.17, 15) is 0 Å². The molecule has 2 heteroatoms. The van der Waals surface area contributed by atoms with Gasteiger partial charge in [0.1, 0.15) is 0 Å². The van der Waals surface area contributed by atoms with E-state index in [1.54, 1.807) is 0 Å². The zero-order valence-corrected chi connectivity index (χ0v) is 12.7. The Morgan fingerprint density at radius 1 is 1.16 bits per heavy atom. The minimum atomic E-state index is 0.827. The second-order valence-corrected chi connectivity index (χ2v) is 6.31. The van der Waals surface area contributed by atoms with Crippen LogP contribution in [0.25, 0.3) is 0 Å². The van der Waals surface area contributed by atoms with Crippen molar-refractivity contribution in [1.82, 2.24) is 0 Å². The molecule has 0 amide bonds. The Hall–Kier alpha value is -1.28. The molecule has 1 N–H and O–H groups in total. The number of anilines is 1. The standard InChI is InChI=1S/C17H18BrN/c1-12-7-16(18)10-17(8-12)19-11-13-3-2-4-15(9-13)14-5-6-14/h2-4,7-10,14,19H,5-6,11H2,1H3. The normalized spacial score (nSPS) is 14.4. The van der Waals surface area contributed by atoms with Crippen molar-refractivity contribution in [1.29, 1.82) is 0 Å². The van der Waals surface area contributed by atoms with E-state index < -0.39 is 0 Å². The van der Waals surface area contributed by atoms with E-state index in [-0.39, 0.29) is 0 Å². The lowest BCUT2D eigenvalue weighted by Crippen LogP contribution is -2.00. The molecule has 2 aromatic carbocycles. The van der Waals surface area contributed by atoms with Gasteiger partial charge >= 0.3 is 0 Å². The quantitative estimate of drug-likeness (QED) is 0.812. The molecule has 3 rings (SSSR count). The summed E-state index contributed by atoms with van der Waals surface area (Å²) >= 11 is 3.54. The molecule has 0 unspecified atom stereocenters. The maximum Gasteiger partial charge on any atom is 0.0400 e. The average Bonchev–Trinajstić information content (AvgIpc) is 3.20. The second-order valence-electron chi connectivity index (χ2n) is 5.39. The number of hydrogen-bond donors (Lipinski definition) is 1. The number of aryl methyl sites for hydroxylation is 1. The summed E-state index contributed by atoms with van der Waals surface area (Å²) in [4.78, 5) is 0. The first-order valence-corrected chi connectivity index (χ1v) is 7.60. The first kappa shape index (κ1) is 12.7. The van der Waals surface area contributed by atoms with Gasteiger partial charge in [-0.3, -0.25) is 0 Å². The highest BCUT2D eigenvalue weighted by atomic mass is 79.9. The molecule has 1 aliphatic rings. The van der Waals surface area contributed by atoms with E-state index in [1.807, 2.05) is 0 Å². The van der Waals surface area contributed by atoms with Crippen LogP contribution in [0.1, 0.15) is 35.4 Å². The van der Waals surface area contributed by atoms with Crippen LogP contribution in [0.4, 0.5) is 5.69 Å². The lowest BCUT2D eigenvalue weighted by Gasteiger charge is -2.09. The van der Waals surface area contributed by atoms with Crippen LogP contribution in [-0.4, -0.2) is 0 Å². The summed E-state index contributed by atoms with van der Waals surface area (Å²) in [5, 5.41) is 3.50. The van der Waals surface area contributed by atoms with E-state index in [1.165, 1.54) is 35.2 Å². The van der Waals surface area contributed by atoms with Crippen LogP contribution in [0, 0.1) is 6.92 Å². The zero-order chi connectivity index (χ0) is 13.2. The largest absolute Gasteiger partial charge is 0.381 e. The van der Waals surface area contributed by atoms with Gasteiger partial charge < -0.3 is 5.32 Å². The van der Waals surface area contributed by atoms with Gasteiger partial charge in [-0.25, -0.2) is 0 Å². The summed E-state index contributed by atoms with van der Waals surface area (Å²) in [5.41, 5.74) is 5.30. The first-order chi connectivity index (χ1) is 9.20. The van der Waals surface area contributed by atoms with E-state index in [0.717, 1.165) is 16.9 Å². The molecule has 0 heterocycles. The molecule has 0 spiro atoms. The van der Waals surface area contributed by atoms with Gasteiger partial charge in [0.25, 0.3) is 0 Å². The Morgan fingerprint density at radius 2 is 2.00 bits per heavy atom. The Labute approximate surface area is 123 Å². The van der Waals surface area contributed by atoms with Crippen molar-refractivity contribution in [3.8, 4) is 0 Å². The Morgan fingerprint density at radius 3 is 2.74 bits per heavy atom. The van der Waals surface area contributed by atoms with Gasteiger partial charge in [-0.2, -0.15) is 0 Å². The zero-order valence-electron chi connectivity index (χ0n) is 11.1. The minimum absolute atomic E-state index is 0.827. The molecule has 0 saturated heterocycles. The molecule has 1 nitrogen and oxygen atoms in total. The third-order valence-electron chi connectivity index (χ3n) is 3.54. The van der Waals surface area contributed by atoms with Crippen LogP contribution in [0.3, 0.4) is 0 Å². The predicted molar refractivity (Wildman–Crippen MR) is 84.6 cm³/mol. The number of rotatable bonds is 4. The summed E-state index contributed by atoms with van der Waals surface area (Å²) < 4.78 is 1.13. The third-order valence-corrected chi connectivity index (χ3v) is 4.00. The molecule has 0 aliphatic heterocycles. The molecular formula is C17H18BrN.